The molecule has 1 unspecified atom stereocenters. The van der Waals surface area contributed by atoms with Gasteiger partial charge in [0.15, 0.2) is 16.3 Å². The van der Waals surface area contributed by atoms with Crippen LogP contribution in [0.2, 0.25) is 0 Å². The van der Waals surface area contributed by atoms with Crippen LogP contribution in [0.5, 0.6) is 17.2 Å². The maximum absolute atomic E-state index is 13.9. The molecule has 0 radical (unpaired) electrons. The molecule has 1 atom stereocenters. The zero-order chi connectivity index (χ0) is 28.1. The van der Waals surface area contributed by atoms with Crippen LogP contribution in [0.1, 0.15) is 44.9 Å². The molecule has 0 aliphatic carbocycles. The number of hydrogen-bond donors (Lipinski definition) is 0. The van der Waals surface area contributed by atoms with E-state index in [-0.39, 0.29) is 18.3 Å². The summed E-state index contributed by atoms with van der Waals surface area (Å²) in [6.07, 6.45) is 3.33. The van der Waals surface area contributed by atoms with Gasteiger partial charge in [0.25, 0.3) is 5.56 Å². The van der Waals surface area contributed by atoms with Crippen molar-refractivity contribution in [3.63, 3.8) is 0 Å². The van der Waals surface area contributed by atoms with E-state index in [1.165, 1.54) is 11.3 Å². The Kier molecular flexibility index (Phi) is 8.71. The summed E-state index contributed by atoms with van der Waals surface area (Å²) >= 11 is 1.25. The number of ether oxygens (including phenoxy) is 4. The average molecular weight is 549 g/mol. The third kappa shape index (κ3) is 5.83. The largest absolute Gasteiger partial charge is 0.493 e. The summed E-state index contributed by atoms with van der Waals surface area (Å²) in [6, 6.07) is 12.1. The minimum Gasteiger partial charge on any atom is -0.493 e. The molecule has 0 spiro atoms. The zero-order valence-corrected chi connectivity index (χ0v) is 23.5. The number of esters is 1. The second kappa shape index (κ2) is 12.2. The third-order valence-electron chi connectivity index (χ3n) is 5.94. The topological polar surface area (TPSA) is 88.4 Å². The van der Waals surface area contributed by atoms with E-state index in [0.29, 0.717) is 50.0 Å². The van der Waals surface area contributed by atoms with Crippen molar-refractivity contribution in [3.05, 3.63) is 97.2 Å². The number of carbonyl (C=O) groups is 1. The van der Waals surface area contributed by atoms with E-state index in [1.54, 1.807) is 49.8 Å². The average Bonchev–Trinajstić information content (AvgIpc) is 3.21. The first-order chi connectivity index (χ1) is 18.8. The quantitative estimate of drug-likeness (QED) is 0.279. The number of hydrogen-bond acceptors (Lipinski definition) is 8. The smallest absolute Gasteiger partial charge is 0.338 e. The molecule has 3 aromatic rings. The van der Waals surface area contributed by atoms with Gasteiger partial charge in [-0.3, -0.25) is 9.36 Å². The second-order valence-corrected chi connectivity index (χ2v) is 10.0. The van der Waals surface area contributed by atoms with E-state index in [0.717, 1.165) is 5.56 Å². The number of benzene rings is 2. The standard InChI is InChI=1S/C30H32N2O6S/c1-7-15-37-23-14-13-20(16-24(23)35-6)17-25-28(33)32-27(21-11-9-10-12-22(21)38-18(3)4)26(29(34)36-8-2)19(5)31-30(32)39-25/h7,9-14,16-18,27H,1,8,15H2,2-6H3/b25-17-. The lowest BCUT2D eigenvalue weighted by atomic mass is 9.95. The van der Waals surface area contributed by atoms with E-state index in [2.05, 4.69) is 11.6 Å². The van der Waals surface area contributed by atoms with Gasteiger partial charge in [-0.05, 0) is 57.5 Å². The number of fused-ring (bicyclic) bond motifs is 1. The van der Waals surface area contributed by atoms with Gasteiger partial charge in [0.05, 0.1) is 35.6 Å². The van der Waals surface area contributed by atoms with Crippen molar-refractivity contribution >= 4 is 23.4 Å². The first kappa shape index (κ1) is 27.9. The maximum atomic E-state index is 13.9. The Morgan fingerprint density at radius 2 is 1.95 bits per heavy atom. The predicted molar refractivity (Wildman–Crippen MR) is 151 cm³/mol. The van der Waals surface area contributed by atoms with Crippen molar-refractivity contribution in [2.24, 2.45) is 4.99 Å². The van der Waals surface area contributed by atoms with Crippen LogP contribution in [0.15, 0.2) is 76.2 Å². The van der Waals surface area contributed by atoms with Crippen LogP contribution in [-0.2, 0) is 9.53 Å². The molecule has 0 saturated carbocycles. The fraction of sp³-hybridized carbons (Fsp3) is 0.300. The highest BCUT2D eigenvalue weighted by Gasteiger charge is 2.35. The maximum Gasteiger partial charge on any atom is 0.338 e. The number of para-hydroxylation sites is 1. The molecular weight excluding hydrogens is 516 g/mol. The Labute approximate surface area is 231 Å². The lowest BCUT2D eigenvalue weighted by Gasteiger charge is -2.26. The molecule has 1 aliphatic rings. The van der Waals surface area contributed by atoms with Crippen LogP contribution in [0.25, 0.3) is 6.08 Å². The van der Waals surface area contributed by atoms with E-state index in [1.807, 2.05) is 44.2 Å². The Morgan fingerprint density at radius 1 is 1.18 bits per heavy atom. The van der Waals surface area contributed by atoms with Crippen LogP contribution < -0.4 is 29.1 Å². The normalized spacial score (nSPS) is 15.0. The van der Waals surface area contributed by atoms with Crippen LogP contribution >= 0.6 is 11.3 Å². The first-order valence-electron chi connectivity index (χ1n) is 12.7. The van der Waals surface area contributed by atoms with Gasteiger partial charge in [0.1, 0.15) is 18.4 Å². The van der Waals surface area contributed by atoms with Crippen molar-refractivity contribution in [1.29, 1.82) is 0 Å². The van der Waals surface area contributed by atoms with E-state index >= 15 is 0 Å². The number of aromatic nitrogens is 1. The molecule has 2 heterocycles. The zero-order valence-electron chi connectivity index (χ0n) is 22.7. The number of carbonyl (C=O) groups excluding carboxylic acids is 1. The third-order valence-corrected chi connectivity index (χ3v) is 6.92. The van der Waals surface area contributed by atoms with E-state index in [9.17, 15) is 9.59 Å². The molecule has 2 aromatic carbocycles. The highest BCUT2D eigenvalue weighted by Crippen LogP contribution is 2.36. The fourth-order valence-corrected chi connectivity index (χ4v) is 5.39. The number of nitrogens with zero attached hydrogens (tertiary/aromatic N) is 2. The number of thiazole rings is 1. The number of methoxy groups -OCH3 is 1. The Morgan fingerprint density at radius 3 is 2.64 bits per heavy atom. The summed E-state index contributed by atoms with van der Waals surface area (Å²) in [5.41, 5.74) is 1.96. The highest BCUT2D eigenvalue weighted by atomic mass is 32.1. The number of rotatable bonds is 10. The van der Waals surface area contributed by atoms with E-state index in [4.69, 9.17) is 18.9 Å². The summed E-state index contributed by atoms with van der Waals surface area (Å²) < 4.78 is 24.6. The molecular formula is C30H32N2O6S. The first-order valence-corrected chi connectivity index (χ1v) is 13.5. The molecule has 0 amide bonds. The molecule has 1 aliphatic heterocycles. The van der Waals surface area contributed by atoms with Crippen molar-refractivity contribution < 1.29 is 23.7 Å². The Bertz CT molecular complexity index is 1600. The summed E-state index contributed by atoms with van der Waals surface area (Å²) in [7, 11) is 1.56. The lowest BCUT2D eigenvalue weighted by Crippen LogP contribution is -2.40. The van der Waals surface area contributed by atoms with Gasteiger partial charge in [-0.1, -0.05) is 48.3 Å². The molecule has 0 fully saturated rings. The van der Waals surface area contributed by atoms with Gasteiger partial charge >= 0.3 is 5.97 Å². The molecule has 0 N–H and O–H groups in total. The predicted octanol–water partition coefficient (Wildman–Crippen LogP) is 4.16. The summed E-state index contributed by atoms with van der Waals surface area (Å²) in [6.45, 7) is 11.6. The lowest BCUT2D eigenvalue weighted by molar-refractivity contribution is -0.139. The van der Waals surface area contributed by atoms with Gasteiger partial charge in [-0.2, -0.15) is 0 Å². The van der Waals surface area contributed by atoms with Crippen molar-refractivity contribution in [2.45, 2.75) is 39.8 Å². The van der Waals surface area contributed by atoms with Crippen LogP contribution in [0.3, 0.4) is 0 Å². The molecule has 39 heavy (non-hydrogen) atoms. The van der Waals surface area contributed by atoms with Gasteiger partial charge in [0, 0.05) is 5.56 Å². The van der Waals surface area contributed by atoms with Crippen molar-refractivity contribution in [3.8, 4) is 17.2 Å². The molecule has 1 aromatic heterocycles. The molecule has 204 valence electrons. The van der Waals surface area contributed by atoms with Crippen molar-refractivity contribution in [2.75, 3.05) is 20.3 Å². The monoisotopic (exact) mass is 548 g/mol. The molecule has 4 rings (SSSR count). The van der Waals surface area contributed by atoms with Crippen molar-refractivity contribution in [1.82, 2.24) is 4.57 Å². The second-order valence-electron chi connectivity index (χ2n) is 9.02. The van der Waals surface area contributed by atoms with Crippen LogP contribution in [-0.4, -0.2) is 37.0 Å². The van der Waals surface area contributed by atoms with Crippen LogP contribution in [0.4, 0.5) is 0 Å². The van der Waals surface area contributed by atoms with Gasteiger partial charge in [0.2, 0.25) is 0 Å². The molecule has 0 saturated heterocycles. The summed E-state index contributed by atoms with van der Waals surface area (Å²) in [5, 5.41) is 0. The van der Waals surface area contributed by atoms with Crippen LogP contribution in [0, 0.1) is 0 Å². The summed E-state index contributed by atoms with van der Waals surface area (Å²) in [4.78, 5) is 32.3. The molecule has 9 heteroatoms. The van der Waals surface area contributed by atoms with Gasteiger partial charge in [-0.25, -0.2) is 9.79 Å². The Hall–Kier alpha value is -4.11. The van der Waals surface area contributed by atoms with E-state index < -0.39 is 12.0 Å². The molecule has 0 bridgehead atoms. The van der Waals surface area contributed by atoms with Gasteiger partial charge in [-0.15, -0.1) is 0 Å². The minimum absolute atomic E-state index is 0.105. The molecule has 8 nitrogen and oxygen atoms in total. The fourth-order valence-electron chi connectivity index (χ4n) is 4.35. The SMILES string of the molecule is C=CCOc1ccc(/C=c2\sc3n(c2=O)C(c2ccccc2OC(C)C)C(C(=O)OCC)=C(C)N=3)cc1OC. The van der Waals surface area contributed by atoms with Gasteiger partial charge < -0.3 is 18.9 Å². The Balaban J connectivity index is 1.91. The summed E-state index contributed by atoms with van der Waals surface area (Å²) in [5.74, 6) is 1.18. The number of allylic oxidation sites excluding steroid dienone is 1. The minimum atomic E-state index is -0.762. The highest BCUT2D eigenvalue weighted by molar-refractivity contribution is 7.07.